The number of rotatable bonds is 3. The number of hydrogen-bond acceptors (Lipinski definition) is 3. The monoisotopic (exact) mass is 260 g/mol. The SMILES string of the molecule is Fc1ccc(Cn2cc(C3CCNCC3)nn2)cc1. The van der Waals surface area contributed by atoms with E-state index in [2.05, 4.69) is 15.6 Å². The number of nitrogens with one attached hydrogen (secondary N) is 1. The quantitative estimate of drug-likeness (QED) is 0.917. The van der Waals surface area contributed by atoms with Crippen LogP contribution in [0.15, 0.2) is 30.5 Å². The van der Waals surface area contributed by atoms with E-state index in [1.165, 1.54) is 12.1 Å². The number of aromatic nitrogens is 3. The molecule has 100 valence electrons. The highest BCUT2D eigenvalue weighted by molar-refractivity contribution is 5.16. The second-order valence-electron chi connectivity index (χ2n) is 4.99. The van der Waals surface area contributed by atoms with Crippen LogP contribution >= 0.6 is 0 Å². The molecule has 4 nitrogen and oxygen atoms in total. The normalized spacial score (nSPS) is 16.7. The Balaban J connectivity index is 1.68. The average Bonchev–Trinajstić information content (AvgIpc) is 2.91. The number of nitrogens with zero attached hydrogens (tertiary/aromatic N) is 3. The van der Waals surface area contributed by atoms with E-state index >= 15 is 0 Å². The Kier molecular flexibility index (Phi) is 3.55. The molecule has 19 heavy (non-hydrogen) atoms. The first-order valence-corrected chi connectivity index (χ1v) is 6.66. The Bertz CT molecular complexity index is 529. The fourth-order valence-electron chi connectivity index (χ4n) is 2.47. The Morgan fingerprint density at radius 3 is 2.68 bits per heavy atom. The van der Waals surface area contributed by atoms with Crippen molar-refractivity contribution < 1.29 is 4.39 Å². The molecule has 0 aliphatic carbocycles. The fraction of sp³-hybridized carbons (Fsp3) is 0.429. The van der Waals surface area contributed by atoms with Crippen LogP contribution in [-0.4, -0.2) is 28.1 Å². The van der Waals surface area contributed by atoms with Crippen molar-refractivity contribution >= 4 is 0 Å². The molecular weight excluding hydrogens is 243 g/mol. The van der Waals surface area contributed by atoms with Gasteiger partial charge < -0.3 is 5.32 Å². The van der Waals surface area contributed by atoms with Crippen molar-refractivity contribution in [3.63, 3.8) is 0 Å². The van der Waals surface area contributed by atoms with Crippen LogP contribution in [0.25, 0.3) is 0 Å². The fourth-order valence-corrected chi connectivity index (χ4v) is 2.47. The van der Waals surface area contributed by atoms with E-state index in [-0.39, 0.29) is 5.82 Å². The van der Waals surface area contributed by atoms with Crippen LogP contribution < -0.4 is 5.32 Å². The van der Waals surface area contributed by atoms with Crippen LogP contribution in [0.5, 0.6) is 0 Å². The van der Waals surface area contributed by atoms with Gasteiger partial charge in [0.05, 0.1) is 12.2 Å². The maximum absolute atomic E-state index is 12.8. The molecule has 0 bridgehead atoms. The summed E-state index contributed by atoms with van der Waals surface area (Å²) >= 11 is 0. The Morgan fingerprint density at radius 2 is 1.95 bits per heavy atom. The molecule has 1 aliphatic heterocycles. The van der Waals surface area contributed by atoms with Gasteiger partial charge >= 0.3 is 0 Å². The van der Waals surface area contributed by atoms with Crippen LogP contribution in [-0.2, 0) is 6.54 Å². The van der Waals surface area contributed by atoms with Gasteiger partial charge in [0, 0.05) is 12.1 Å². The molecule has 1 N–H and O–H groups in total. The third kappa shape index (κ3) is 2.98. The highest BCUT2D eigenvalue weighted by Crippen LogP contribution is 2.22. The average molecular weight is 260 g/mol. The molecule has 5 heteroatoms. The summed E-state index contributed by atoms with van der Waals surface area (Å²) in [6.07, 6.45) is 4.25. The lowest BCUT2D eigenvalue weighted by atomic mass is 9.95. The second-order valence-corrected chi connectivity index (χ2v) is 4.99. The van der Waals surface area contributed by atoms with E-state index in [0.29, 0.717) is 12.5 Å². The van der Waals surface area contributed by atoms with Gasteiger partial charge in [-0.2, -0.15) is 0 Å². The first-order chi connectivity index (χ1) is 9.31. The van der Waals surface area contributed by atoms with Crippen molar-refractivity contribution in [2.24, 2.45) is 0 Å². The van der Waals surface area contributed by atoms with Crippen molar-refractivity contribution in [3.05, 3.63) is 47.5 Å². The predicted molar refractivity (Wildman–Crippen MR) is 70.4 cm³/mol. The van der Waals surface area contributed by atoms with Gasteiger partial charge in [-0.1, -0.05) is 17.3 Å². The lowest BCUT2D eigenvalue weighted by Crippen LogP contribution is -2.26. The molecule has 0 atom stereocenters. The Morgan fingerprint density at radius 1 is 1.21 bits per heavy atom. The van der Waals surface area contributed by atoms with Crippen molar-refractivity contribution in [2.75, 3.05) is 13.1 Å². The van der Waals surface area contributed by atoms with E-state index in [9.17, 15) is 4.39 Å². The molecule has 0 saturated carbocycles. The minimum Gasteiger partial charge on any atom is -0.317 e. The molecule has 0 unspecified atom stereocenters. The Labute approximate surface area is 111 Å². The molecule has 1 aromatic carbocycles. The topological polar surface area (TPSA) is 42.7 Å². The summed E-state index contributed by atoms with van der Waals surface area (Å²) in [5, 5.41) is 11.8. The van der Waals surface area contributed by atoms with Gasteiger partial charge in [0.2, 0.25) is 0 Å². The number of piperidine rings is 1. The molecule has 1 aliphatic rings. The molecule has 2 heterocycles. The molecule has 1 fully saturated rings. The number of hydrogen-bond donors (Lipinski definition) is 1. The van der Waals surface area contributed by atoms with E-state index in [1.54, 1.807) is 12.1 Å². The smallest absolute Gasteiger partial charge is 0.123 e. The molecule has 0 spiro atoms. The van der Waals surface area contributed by atoms with Gasteiger partial charge in [-0.3, -0.25) is 0 Å². The predicted octanol–water partition coefficient (Wildman–Crippen LogP) is 1.93. The molecule has 0 radical (unpaired) electrons. The molecule has 1 aromatic heterocycles. The first-order valence-electron chi connectivity index (χ1n) is 6.66. The van der Waals surface area contributed by atoms with Crippen LogP contribution in [0, 0.1) is 5.82 Å². The molecule has 1 saturated heterocycles. The van der Waals surface area contributed by atoms with Crippen LogP contribution in [0.4, 0.5) is 4.39 Å². The lowest BCUT2D eigenvalue weighted by molar-refractivity contribution is 0.453. The summed E-state index contributed by atoms with van der Waals surface area (Å²) in [7, 11) is 0. The van der Waals surface area contributed by atoms with E-state index in [0.717, 1.165) is 37.2 Å². The van der Waals surface area contributed by atoms with Crippen LogP contribution in [0.1, 0.15) is 30.0 Å². The zero-order valence-electron chi connectivity index (χ0n) is 10.7. The third-order valence-corrected chi connectivity index (χ3v) is 3.57. The van der Waals surface area contributed by atoms with Crippen LogP contribution in [0.3, 0.4) is 0 Å². The van der Waals surface area contributed by atoms with Gasteiger partial charge in [-0.05, 0) is 43.6 Å². The van der Waals surface area contributed by atoms with Crippen molar-refractivity contribution in [1.82, 2.24) is 20.3 Å². The standard InChI is InChI=1S/C14H17FN4/c15-13-3-1-11(2-4-13)9-19-10-14(17-18-19)12-5-7-16-8-6-12/h1-4,10,12,16H,5-9H2. The summed E-state index contributed by atoms with van der Waals surface area (Å²) in [5.74, 6) is 0.306. The van der Waals surface area contributed by atoms with Crippen LogP contribution in [0.2, 0.25) is 0 Å². The minimum absolute atomic E-state index is 0.210. The van der Waals surface area contributed by atoms with Gasteiger partial charge in [0.25, 0.3) is 0 Å². The van der Waals surface area contributed by atoms with Gasteiger partial charge in [-0.15, -0.1) is 5.10 Å². The Hall–Kier alpha value is -1.75. The highest BCUT2D eigenvalue weighted by Gasteiger charge is 2.18. The zero-order valence-corrected chi connectivity index (χ0v) is 10.7. The lowest BCUT2D eigenvalue weighted by Gasteiger charge is -2.20. The van der Waals surface area contributed by atoms with E-state index in [4.69, 9.17) is 0 Å². The molecule has 3 rings (SSSR count). The maximum Gasteiger partial charge on any atom is 0.123 e. The molecule has 2 aromatic rings. The summed E-state index contributed by atoms with van der Waals surface area (Å²) in [5.41, 5.74) is 2.10. The molecular formula is C14H17FN4. The minimum atomic E-state index is -0.210. The van der Waals surface area contributed by atoms with Crippen molar-refractivity contribution in [1.29, 1.82) is 0 Å². The number of benzene rings is 1. The zero-order chi connectivity index (χ0) is 13.1. The summed E-state index contributed by atoms with van der Waals surface area (Å²) in [6, 6.07) is 6.50. The number of halogens is 1. The third-order valence-electron chi connectivity index (χ3n) is 3.57. The maximum atomic E-state index is 12.8. The van der Waals surface area contributed by atoms with Crippen molar-refractivity contribution in [2.45, 2.75) is 25.3 Å². The first kappa shape index (κ1) is 12.3. The summed E-state index contributed by atoms with van der Waals surface area (Å²) < 4.78 is 14.7. The molecule has 0 amide bonds. The summed E-state index contributed by atoms with van der Waals surface area (Å²) in [4.78, 5) is 0. The van der Waals surface area contributed by atoms with Gasteiger partial charge in [0.15, 0.2) is 0 Å². The summed E-state index contributed by atoms with van der Waals surface area (Å²) in [6.45, 7) is 2.74. The van der Waals surface area contributed by atoms with Gasteiger partial charge in [-0.25, -0.2) is 9.07 Å². The van der Waals surface area contributed by atoms with Gasteiger partial charge in [0.1, 0.15) is 5.82 Å². The van der Waals surface area contributed by atoms with E-state index < -0.39 is 0 Å². The van der Waals surface area contributed by atoms with Crippen molar-refractivity contribution in [3.8, 4) is 0 Å². The highest BCUT2D eigenvalue weighted by atomic mass is 19.1. The van der Waals surface area contributed by atoms with E-state index in [1.807, 2.05) is 10.9 Å². The second kappa shape index (κ2) is 5.48. The largest absolute Gasteiger partial charge is 0.317 e.